The third-order valence-corrected chi connectivity index (χ3v) is 2.44. The highest BCUT2D eigenvalue weighted by molar-refractivity contribution is 5.71. The summed E-state index contributed by atoms with van der Waals surface area (Å²) in [6.07, 6.45) is 1.64. The predicted molar refractivity (Wildman–Crippen MR) is 65.7 cm³/mol. The Morgan fingerprint density at radius 3 is 2.71 bits per heavy atom. The van der Waals surface area contributed by atoms with Crippen LogP contribution in [-0.4, -0.2) is 11.0 Å². The van der Waals surface area contributed by atoms with Crippen molar-refractivity contribution in [2.75, 3.05) is 0 Å². The molecule has 86 valence electrons. The number of aryl methyl sites for hydroxylation is 1. The molecule has 2 rings (SSSR count). The third kappa shape index (κ3) is 2.69. The zero-order valence-electron chi connectivity index (χ0n) is 9.81. The number of carbonyl (C=O) groups excluding carboxylic acids is 1. The van der Waals surface area contributed by atoms with Crippen LogP contribution < -0.4 is 4.74 Å². The van der Waals surface area contributed by atoms with Gasteiger partial charge < -0.3 is 4.74 Å². The van der Waals surface area contributed by atoms with E-state index in [1.54, 1.807) is 12.3 Å². The summed E-state index contributed by atoms with van der Waals surface area (Å²) in [6, 6.07) is 11.7. The van der Waals surface area contributed by atoms with Crippen LogP contribution in [0.4, 0.5) is 0 Å². The van der Waals surface area contributed by atoms with Gasteiger partial charge in [0.05, 0.1) is 0 Å². The first kappa shape index (κ1) is 11.3. The summed E-state index contributed by atoms with van der Waals surface area (Å²) < 4.78 is 4.97. The van der Waals surface area contributed by atoms with E-state index in [9.17, 15) is 4.79 Å². The van der Waals surface area contributed by atoms with Crippen molar-refractivity contribution in [2.24, 2.45) is 0 Å². The molecule has 0 aliphatic rings. The maximum absolute atomic E-state index is 10.9. The van der Waals surface area contributed by atoms with Gasteiger partial charge in [0.1, 0.15) is 0 Å². The SMILES string of the molecule is CC(=O)Oc1cc(-c2ccccc2C)ccn1. The minimum absolute atomic E-state index is 0.332. The predicted octanol–water partition coefficient (Wildman–Crippen LogP) is 2.98. The highest BCUT2D eigenvalue weighted by Crippen LogP contribution is 2.25. The maximum atomic E-state index is 10.9. The molecular formula is C14H13NO2. The van der Waals surface area contributed by atoms with E-state index < -0.39 is 0 Å². The molecule has 0 aliphatic carbocycles. The zero-order valence-corrected chi connectivity index (χ0v) is 9.81. The second-order valence-corrected chi connectivity index (χ2v) is 3.79. The molecule has 0 radical (unpaired) electrons. The molecule has 1 aromatic carbocycles. The van der Waals surface area contributed by atoms with Crippen LogP contribution in [-0.2, 0) is 4.79 Å². The monoisotopic (exact) mass is 227 g/mol. The molecule has 0 N–H and O–H groups in total. The van der Waals surface area contributed by atoms with E-state index >= 15 is 0 Å². The molecule has 3 heteroatoms. The average molecular weight is 227 g/mol. The average Bonchev–Trinajstić information content (AvgIpc) is 2.29. The van der Waals surface area contributed by atoms with Crippen molar-refractivity contribution >= 4 is 5.97 Å². The quantitative estimate of drug-likeness (QED) is 0.740. The Bertz CT molecular complexity index is 549. The summed E-state index contributed by atoms with van der Waals surface area (Å²) in [5.41, 5.74) is 3.28. The molecule has 3 nitrogen and oxygen atoms in total. The fraction of sp³-hybridized carbons (Fsp3) is 0.143. The molecule has 1 heterocycles. The lowest BCUT2D eigenvalue weighted by Crippen LogP contribution is -2.02. The molecule has 0 fully saturated rings. The molecule has 1 aromatic heterocycles. The second kappa shape index (κ2) is 4.78. The molecule has 0 amide bonds. The van der Waals surface area contributed by atoms with Crippen LogP contribution in [0.5, 0.6) is 5.88 Å². The van der Waals surface area contributed by atoms with E-state index in [0.717, 1.165) is 11.1 Å². The van der Waals surface area contributed by atoms with Crippen molar-refractivity contribution in [3.05, 3.63) is 48.2 Å². The van der Waals surface area contributed by atoms with Gasteiger partial charge in [0.15, 0.2) is 0 Å². The van der Waals surface area contributed by atoms with Crippen molar-refractivity contribution in [3.8, 4) is 17.0 Å². The summed E-state index contributed by atoms with van der Waals surface area (Å²) in [5, 5.41) is 0. The Morgan fingerprint density at radius 2 is 2.00 bits per heavy atom. The second-order valence-electron chi connectivity index (χ2n) is 3.79. The molecule has 0 atom stereocenters. The number of esters is 1. The van der Waals surface area contributed by atoms with Crippen molar-refractivity contribution in [3.63, 3.8) is 0 Å². The fourth-order valence-electron chi connectivity index (χ4n) is 1.68. The van der Waals surface area contributed by atoms with Gasteiger partial charge in [0, 0.05) is 19.2 Å². The number of pyridine rings is 1. The van der Waals surface area contributed by atoms with Crippen molar-refractivity contribution in [1.82, 2.24) is 4.98 Å². The lowest BCUT2D eigenvalue weighted by molar-refractivity contribution is -0.132. The first-order valence-electron chi connectivity index (χ1n) is 5.37. The van der Waals surface area contributed by atoms with Crippen LogP contribution in [0.25, 0.3) is 11.1 Å². The minimum atomic E-state index is -0.362. The van der Waals surface area contributed by atoms with Gasteiger partial charge in [-0.25, -0.2) is 4.98 Å². The minimum Gasteiger partial charge on any atom is -0.408 e. The van der Waals surface area contributed by atoms with Gasteiger partial charge >= 0.3 is 5.97 Å². The number of aromatic nitrogens is 1. The summed E-state index contributed by atoms with van der Waals surface area (Å²) in [4.78, 5) is 14.9. The number of ether oxygens (including phenoxy) is 1. The van der Waals surface area contributed by atoms with E-state index in [0.29, 0.717) is 5.88 Å². The summed E-state index contributed by atoms with van der Waals surface area (Å²) in [5.74, 6) is -0.0299. The number of rotatable bonds is 2. The van der Waals surface area contributed by atoms with E-state index in [-0.39, 0.29) is 5.97 Å². The standard InChI is InChI=1S/C14H13NO2/c1-10-5-3-4-6-13(10)12-7-8-15-14(9-12)17-11(2)16/h3-9H,1-2H3. The number of nitrogens with zero attached hydrogens (tertiary/aromatic N) is 1. The first-order chi connectivity index (χ1) is 8.16. The highest BCUT2D eigenvalue weighted by Gasteiger charge is 2.04. The van der Waals surface area contributed by atoms with Gasteiger partial charge in [0.2, 0.25) is 5.88 Å². The summed E-state index contributed by atoms with van der Waals surface area (Å²) in [7, 11) is 0. The molecule has 0 spiro atoms. The third-order valence-electron chi connectivity index (χ3n) is 2.44. The fourth-order valence-corrected chi connectivity index (χ4v) is 1.68. The van der Waals surface area contributed by atoms with Gasteiger partial charge in [0.25, 0.3) is 0 Å². The molecule has 2 aromatic rings. The molecule has 0 saturated heterocycles. The lowest BCUT2D eigenvalue weighted by atomic mass is 10.0. The largest absolute Gasteiger partial charge is 0.408 e. The Kier molecular flexibility index (Phi) is 3.19. The lowest BCUT2D eigenvalue weighted by Gasteiger charge is -2.06. The van der Waals surface area contributed by atoms with E-state index in [2.05, 4.69) is 4.98 Å². The Hall–Kier alpha value is -2.16. The summed E-state index contributed by atoms with van der Waals surface area (Å²) >= 11 is 0. The normalized spacial score (nSPS) is 10.0. The van der Waals surface area contributed by atoms with Crippen LogP contribution in [0.1, 0.15) is 12.5 Å². The molecule has 0 aliphatic heterocycles. The molecule has 0 bridgehead atoms. The van der Waals surface area contributed by atoms with Crippen LogP contribution in [0.3, 0.4) is 0 Å². The number of hydrogen-bond donors (Lipinski definition) is 0. The Balaban J connectivity index is 2.40. The smallest absolute Gasteiger partial charge is 0.309 e. The molecule has 0 saturated carbocycles. The van der Waals surface area contributed by atoms with Gasteiger partial charge in [-0.1, -0.05) is 24.3 Å². The zero-order chi connectivity index (χ0) is 12.3. The van der Waals surface area contributed by atoms with Crippen molar-refractivity contribution in [2.45, 2.75) is 13.8 Å². The van der Waals surface area contributed by atoms with Crippen LogP contribution >= 0.6 is 0 Å². The van der Waals surface area contributed by atoms with Gasteiger partial charge in [-0.05, 0) is 29.7 Å². The first-order valence-corrected chi connectivity index (χ1v) is 5.37. The van der Waals surface area contributed by atoms with Crippen molar-refractivity contribution in [1.29, 1.82) is 0 Å². The number of carbonyl (C=O) groups is 1. The van der Waals surface area contributed by atoms with Crippen LogP contribution in [0.15, 0.2) is 42.6 Å². The van der Waals surface area contributed by atoms with E-state index in [4.69, 9.17) is 4.74 Å². The Labute approximate surface area is 100 Å². The Morgan fingerprint density at radius 1 is 1.24 bits per heavy atom. The van der Waals surface area contributed by atoms with Crippen molar-refractivity contribution < 1.29 is 9.53 Å². The molecular weight excluding hydrogens is 214 g/mol. The molecule has 17 heavy (non-hydrogen) atoms. The molecule has 0 unspecified atom stereocenters. The highest BCUT2D eigenvalue weighted by atomic mass is 16.5. The van der Waals surface area contributed by atoms with Gasteiger partial charge in [-0.2, -0.15) is 0 Å². The van der Waals surface area contributed by atoms with Crippen LogP contribution in [0, 0.1) is 6.92 Å². The maximum Gasteiger partial charge on any atom is 0.309 e. The number of hydrogen-bond acceptors (Lipinski definition) is 3. The topological polar surface area (TPSA) is 39.2 Å². The number of benzene rings is 1. The van der Waals surface area contributed by atoms with E-state index in [1.165, 1.54) is 12.5 Å². The summed E-state index contributed by atoms with van der Waals surface area (Å²) in [6.45, 7) is 3.41. The van der Waals surface area contributed by atoms with Crippen LogP contribution in [0.2, 0.25) is 0 Å². The van der Waals surface area contributed by atoms with Gasteiger partial charge in [-0.3, -0.25) is 4.79 Å². The van der Waals surface area contributed by atoms with Gasteiger partial charge in [-0.15, -0.1) is 0 Å². The van der Waals surface area contributed by atoms with E-state index in [1.807, 2.05) is 37.3 Å².